The zero-order valence-electron chi connectivity index (χ0n) is 10.4. The maximum absolute atomic E-state index is 9.49. The van der Waals surface area contributed by atoms with E-state index in [2.05, 4.69) is 25.7 Å². The van der Waals surface area contributed by atoms with Crippen LogP contribution in [0, 0.1) is 0 Å². The molecule has 1 aliphatic heterocycles. The summed E-state index contributed by atoms with van der Waals surface area (Å²) in [5.74, 6) is 0. The molecule has 15 heavy (non-hydrogen) atoms. The van der Waals surface area contributed by atoms with Crippen LogP contribution in [-0.4, -0.2) is 40.8 Å². The van der Waals surface area contributed by atoms with Crippen LogP contribution in [0.2, 0.25) is 0 Å². The highest BCUT2D eigenvalue weighted by atomic mass is 16.3. The van der Waals surface area contributed by atoms with Gasteiger partial charge < -0.3 is 10.8 Å². The standard InChI is InChI=1S/C12H26N2O/c1-4-6-10(13)11(9-15)14-8-5-7-12(14,2)3/h10-11,15H,4-9,13H2,1-3H3. The number of aliphatic hydroxyl groups is 1. The summed E-state index contributed by atoms with van der Waals surface area (Å²) in [5.41, 5.74) is 6.35. The lowest BCUT2D eigenvalue weighted by Crippen LogP contribution is -2.55. The van der Waals surface area contributed by atoms with E-state index in [1.54, 1.807) is 0 Å². The highest BCUT2D eigenvalue weighted by Crippen LogP contribution is 2.31. The molecule has 3 heteroatoms. The first-order chi connectivity index (χ1) is 7.03. The molecule has 3 nitrogen and oxygen atoms in total. The van der Waals surface area contributed by atoms with Gasteiger partial charge in [-0.3, -0.25) is 4.90 Å². The first kappa shape index (κ1) is 12.9. The van der Waals surface area contributed by atoms with Gasteiger partial charge in [-0.05, 0) is 39.7 Å². The van der Waals surface area contributed by atoms with Crippen LogP contribution < -0.4 is 5.73 Å². The van der Waals surface area contributed by atoms with Gasteiger partial charge in [0.15, 0.2) is 0 Å². The molecule has 0 spiro atoms. The van der Waals surface area contributed by atoms with Gasteiger partial charge in [0.05, 0.1) is 6.61 Å². The van der Waals surface area contributed by atoms with Crippen LogP contribution in [0.4, 0.5) is 0 Å². The summed E-state index contributed by atoms with van der Waals surface area (Å²) >= 11 is 0. The lowest BCUT2D eigenvalue weighted by molar-refractivity contribution is 0.0538. The average Bonchev–Trinajstić information content (AvgIpc) is 2.48. The number of nitrogens with two attached hydrogens (primary N) is 1. The van der Waals surface area contributed by atoms with E-state index in [0.717, 1.165) is 19.4 Å². The summed E-state index contributed by atoms with van der Waals surface area (Å²) in [7, 11) is 0. The summed E-state index contributed by atoms with van der Waals surface area (Å²) < 4.78 is 0. The van der Waals surface area contributed by atoms with E-state index in [-0.39, 0.29) is 24.2 Å². The fourth-order valence-electron chi connectivity index (χ4n) is 2.73. The SMILES string of the molecule is CCCC(N)C(CO)N1CCCC1(C)C. The molecule has 1 heterocycles. The van der Waals surface area contributed by atoms with Crippen molar-refractivity contribution in [2.75, 3.05) is 13.2 Å². The molecule has 1 saturated heterocycles. The monoisotopic (exact) mass is 214 g/mol. The van der Waals surface area contributed by atoms with Gasteiger partial charge in [-0.1, -0.05) is 13.3 Å². The molecule has 0 aliphatic carbocycles. The Balaban J connectivity index is 2.65. The zero-order valence-corrected chi connectivity index (χ0v) is 10.4. The maximum Gasteiger partial charge on any atom is 0.0602 e. The van der Waals surface area contributed by atoms with Gasteiger partial charge in [-0.15, -0.1) is 0 Å². The molecule has 0 radical (unpaired) electrons. The van der Waals surface area contributed by atoms with Gasteiger partial charge in [0.25, 0.3) is 0 Å². The van der Waals surface area contributed by atoms with Gasteiger partial charge >= 0.3 is 0 Å². The number of hydrogen-bond donors (Lipinski definition) is 2. The number of likely N-dealkylation sites (tertiary alicyclic amines) is 1. The van der Waals surface area contributed by atoms with Crippen molar-refractivity contribution in [3.05, 3.63) is 0 Å². The van der Waals surface area contributed by atoms with Crippen LogP contribution >= 0.6 is 0 Å². The van der Waals surface area contributed by atoms with Crippen LogP contribution in [0.5, 0.6) is 0 Å². The summed E-state index contributed by atoms with van der Waals surface area (Å²) in [6.45, 7) is 7.91. The highest BCUT2D eigenvalue weighted by Gasteiger charge is 2.38. The Hall–Kier alpha value is -0.120. The molecule has 2 unspecified atom stereocenters. The van der Waals surface area contributed by atoms with E-state index in [4.69, 9.17) is 5.73 Å². The number of rotatable bonds is 5. The van der Waals surface area contributed by atoms with E-state index in [9.17, 15) is 5.11 Å². The molecule has 1 rings (SSSR count). The van der Waals surface area contributed by atoms with Crippen molar-refractivity contribution < 1.29 is 5.11 Å². The van der Waals surface area contributed by atoms with E-state index < -0.39 is 0 Å². The summed E-state index contributed by atoms with van der Waals surface area (Å²) in [6.07, 6.45) is 4.52. The Kier molecular flexibility index (Phi) is 4.56. The molecule has 90 valence electrons. The van der Waals surface area contributed by atoms with Crippen molar-refractivity contribution in [1.82, 2.24) is 4.90 Å². The van der Waals surface area contributed by atoms with Crippen molar-refractivity contribution in [1.29, 1.82) is 0 Å². The molecule has 0 amide bonds. The Bertz CT molecular complexity index is 194. The van der Waals surface area contributed by atoms with Gasteiger partial charge in [0, 0.05) is 17.6 Å². The topological polar surface area (TPSA) is 49.5 Å². The van der Waals surface area contributed by atoms with Crippen LogP contribution in [0.1, 0.15) is 46.5 Å². The van der Waals surface area contributed by atoms with Crippen LogP contribution in [0.15, 0.2) is 0 Å². The zero-order chi connectivity index (χ0) is 11.5. The van der Waals surface area contributed by atoms with E-state index in [0.29, 0.717) is 0 Å². The van der Waals surface area contributed by atoms with Gasteiger partial charge in [-0.25, -0.2) is 0 Å². The normalized spacial score (nSPS) is 25.4. The molecule has 1 aliphatic rings. The van der Waals surface area contributed by atoms with E-state index >= 15 is 0 Å². The van der Waals surface area contributed by atoms with Crippen LogP contribution in [0.3, 0.4) is 0 Å². The van der Waals surface area contributed by atoms with Gasteiger partial charge in [-0.2, -0.15) is 0 Å². The Labute approximate surface area is 93.6 Å². The molecule has 0 bridgehead atoms. The smallest absolute Gasteiger partial charge is 0.0602 e. The predicted octanol–water partition coefficient (Wildman–Crippen LogP) is 1.35. The van der Waals surface area contributed by atoms with Gasteiger partial charge in [0.1, 0.15) is 0 Å². The largest absolute Gasteiger partial charge is 0.395 e. The fraction of sp³-hybridized carbons (Fsp3) is 1.00. The van der Waals surface area contributed by atoms with Crippen molar-refractivity contribution in [2.24, 2.45) is 5.73 Å². The summed E-state index contributed by atoms with van der Waals surface area (Å²) in [4.78, 5) is 2.40. The van der Waals surface area contributed by atoms with Crippen LogP contribution in [-0.2, 0) is 0 Å². The molecule has 1 fully saturated rings. The third-order valence-electron chi connectivity index (χ3n) is 3.67. The van der Waals surface area contributed by atoms with Crippen molar-refractivity contribution in [3.8, 4) is 0 Å². The van der Waals surface area contributed by atoms with Crippen molar-refractivity contribution >= 4 is 0 Å². The fourth-order valence-corrected chi connectivity index (χ4v) is 2.73. The third kappa shape index (κ3) is 2.92. The Morgan fingerprint density at radius 3 is 2.53 bits per heavy atom. The van der Waals surface area contributed by atoms with E-state index in [1.807, 2.05) is 0 Å². The summed E-state index contributed by atoms with van der Waals surface area (Å²) in [6, 6.07) is 0.250. The minimum atomic E-state index is 0.109. The summed E-state index contributed by atoms with van der Waals surface area (Å²) in [5, 5.41) is 9.49. The second kappa shape index (κ2) is 5.28. The molecule has 0 aromatic heterocycles. The predicted molar refractivity (Wildman–Crippen MR) is 63.8 cm³/mol. The molecule has 0 saturated carbocycles. The molecule has 0 aromatic carbocycles. The van der Waals surface area contributed by atoms with Crippen molar-refractivity contribution in [3.63, 3.8) is 0 Å². The maximum atomic E-state index is 9.49. The van der Waals surface area contributed by atoms with Crippen LogP contribution in [0.25, 0.3) is 0 Å². The molecule has 2 atom stereocenters. The molecular weight excluding hydrogens is 188 g/mol. The second-order valence-electron chi connectivity index (χ2n) is 5.31. The minimum absolute atomic E-state index is 0.109. The molecule has 3 N–H and O–H groups in total. The Morgan fingerprint density at radius 1 is 1.47 bits per heavy atom. The first-order valence-electron chi connectivity index (χ1n) is 6.16. The van der Waals surface area contributed by atoms with Crippen molar-refractivity contribution in [2.45, 2.75) is 64.1 Å². The van der Waals surface area contributed by atoms with E-state index in [1.165, 1.54) is 12.8 Å². The molecular formula is C12H26N2O. The highest BCUT2D eigenvalue weighted by molar-refractivity contribution is 4.95. The number of hydrogen-bond acceptors (Lipinski definition) is 3. The Morgan fingerprint density at radius 2 is 2.13 bits per heavy atom. The first-order valence-corrected chi connectivity index (χ1v) is 6.16. The van der Waals surface area contributed by atoms with Gasteiger partial charge in [0.2, 0.25) is 0 Å². The molecule has 0 aromatic rings. The second-order valence-corrected chi connectivity index (χ2v) is 5.31. The lowest BCUT2D eigenvalue weighted by atomic mass is 9.96. The average molecular weight is 214 g/mol. The third-order valence-corrected chi connectivity index (χ3v) is 3.67. The number of nitrogens with zero attached hydrogens (tertiary/aromatic N) is 1. The lowest BCUT2D eigenvalue weighted by Gasteiger charge is -2.40. The quantitative estimate of drug-likeness (QED) is 0.726. The number of aliphatic hydroxyl groups excluding tert-OH is 1. The minimum Gasteiger partial charge on any atom is -0.395 e.